The summed E-state index contributed by atoms with van der Waals surface area (Å²) < 4.78 is 5.84. The lowest BCUT2D eigenvalue weighted by Gasteiger charge is -2.39. The van der Waals surface area contributed by atoms with Crippen LogP contribution < -0.4 is 10.6 Å². The molecule has 1 aromatic rings. The number of piperidine rings is 1. The number of nitrogens with zero attached hydrogens (tertiary/aromatic N) is 1. The Hall–Kier alpha value is -1.60. The fraction of sp³-hybridized carbons (Fsp3) is 0.529. The number of nitrogens with one attached hydrogen (secondary N) is 2. The molecule has 7 heteroatoms. The van der Waals surface area contributed by atoms with Crippen molar-refractivity contribution < 1.29 is 14.3 Å². The minimum atomic E-state index is -0.0883. The summed E-state index contributed by atoms with van der Waals surface area (Å²) in [5, 5.41) is 5.98. The van der Waals surface area contributed by atoms with Gasteiger partial charge in [-0.2, -0.15) is 0 Å². The highest BCUT2D eigenvalue weighted by molar-refractivity contribution is 9.10. The zero-order valence-corrected chi connectivity index (χ0v) is 15.2. The molecule has 1 aromatic carbocycles. The number of ether oxygens (including phenoxy) is 1. The topological polar surface area (TPSA) is 70.7 Å². The zero-order chi connectivity index (χ0) is 17.1. The van der Waals surface area contributed by atoms with Crippen LogP contribution in [0.25, 0.3) is 0 Å². The molecule has 130 valence electrons. The van der Waals surface area contributed by atoms with Gasteiger partial charge >= 0.3 is 6.03 Å². The molecule has 6 nitrogen and oxygen atoms in total. The number of halogens is 1. The summed E-state index contributed by atoms with van der Waals surface area (Å²) in [5.74, 6) is -0.0883. The first-order chi connectivity index (χ1) is 11.6. The Balaban J connectivity index is 1.59. The van der Waals surface area contributed by atoms with Crippen molar-refractivity contribution in [2.45, 2.75) is 43.8 Å². The van der Waals surface area contributed by atoms with E-state index in [1.165, 1.54) is 7.11 Å². The fourth-order valence-electron chi connectivity index (χ4n) is 3.75. The molecule has 0 aromatic heterocycles. The van der Waals surface area contributed by atoms with E-state index in [1.807, 2.05) is 29.2 Å². The van der Waals surface area contributed by atoms with Gasteiger partial charge in [0.05, 0.1) is 0 Å². The fourth-order valence-corrected chi connectivity index (χ4v) is 4.01. The normalized spacial score (nSPS) is 25.4. The molecule has 24 heavy (non-hydrogen) atoms. The maximum atomic E-state index is 12.6. The Bertz CT molecular complexity index is 594. The average Bonchev–Trinajstić information content (AvgIpc) is 2.81. The van der Waals surface area contributed by atoms with Crippen molar-refractivity contribution in [1.29, 1.82) is 0 Å². The molecular formula is C17H22BrN3O3. The number of carbonyl (C=O) groups is 2. The van der Waals surface area contributed by atoms with Crippen LogP contribution in [0.2, 0.25) is 0 Å². The molecule has 3 amide bonds. The maximum absolute atomic E-state index is 12.6. The number of hydrogen-bond donors (Lipinski definition) is 2. The lowest BCUT2D eigenvalue weighted by atomic mass is 9.97. The van der Waals surface area contributed by atoms with Crippen molar-refractivity contribution in [3.63, 3.8) is 0 Å². The standard InChI is InChI=1S/C17H22BrN3O3/c1-24-10-16(22)19-13-8-14-6-7-15(9-13)21(14)17(23)20-12-4-2-11(18)3-5-12/h2-5,13-15H,6-10H2,1H3,(H,19,22)(H,20,23). The number of carbonyl (C=O) groups excluding carboxylic acids is 2. The quantitative estimate of drug-likeness (QED) is 0.822. The molecule has 2 aliphatic heterocycles. The van der Waals surface area contributed by atoms with Crippen LogP contribution >= 0.6 is 15.9 Å². The monoisotopic (exact) mass is 395 g/mol. The molecular weight excluding hydrogens is 374 g/mol. The number of hydrogen-bond acceptors (Lipinski definition) is 3. The molecule has 2 heterocycles. The van der Waals surface area contributed by atoms with Gasteiger partial charge in [-0.25, -0.2) is 4.79 Å². The van der Waals surface area contributed by atoms with Crippen molar-refractivity contribution >= 4 is 33.6 Å². The van der Waals surface area contributed by atoms with Crippen LogP contribution in [0, 0.1) is 0 Å². The first-order valence-corrected chi connectivity index (χ1v) is 8.99. The number of fused-ring (bicyclic) bond motifs is 2. The van der Waals surface area contributed by atoms with Crippen LogP contribution in [0.15, 0.2) is 28.7 Å². The van der Waals surface area contributed by atoms with Gasteiger partial charge in [-0.3, -0.25) is 4.79 Å². The summed E-state index contributed by atoms with van der Waals surface area (Å²) in [6.07, 6.45) is 3.60. The third-order valence-electron chi connectivity index (χ3n) is 4.70. The van der Waals surface area contributed by atoms with Crippen molar-refractivity contribution in [2.24, 2.45) is 0 Å². The maximum Gasteiger partial charge on any atom is 0.322 e. The molecule has 0 spiro atoms. The number of benzene rings is 1. The smallest absolute Gasteiger partial charge is 0.322 e. The Kier molecular flexibility index (Phi) is 5.40. The SMILES string of the molecule is COCC(=O)NC1CC2CCC(C1)N2C(=O)Nc1ccc(Br)cc1. The molecule has 2 aliphatic rings. The zero-order valence-electron chi connectivity index (χ0n) is 13.6. The van der Waals surface area contributed by atoms with Gasteiger partial charge in [0.2, 0.25) is 5.91 Å². The number of rotatable bonds is 4. The summed E-state index contributed by atoms with van der Waals surface area (Å²) in [6.45, 7) is 0.0829. The molecule has 2 unspecified atom stereocenters. The highest BCUT2D eigenvalue weighted by Crippen LogP contribution is 2.36. The number of urea groups is 1. The molecule has 2 bridgehead atoms. The molecule has 2 fully saturated rings. The summed E-state index contributed by atoms with van der Waals surface area (Å²) in [5.41, 5.74) is 0.790. The van der Waals surface area contributed by atoms with E-state index in [0.717, 1.165) is 35.8 Å². The predicted octanol–water partition coefficient (Wildman–Crippen LogP) is 2.74. The molecule has 2 N–H and O–H groups in total. The van der Waals surface area contributed by atoms with Gasteiger partial charge in [-0.1, -0.05) is 15.9 Å². The van der Waals surface area contributed by atoms with E-state index in [0.29, 0.717) is 0 Å². The molecule has 2 atom stereocenters. The van der Waals surface area contributed by atoms with Crippen molar-refractivity contribution in [1.82, 2.24) is 10.2 Å². The number of methoxy groups -OCH3 is 1. The first kappa shape index (κ1) is 17.2. The summed E-state index contributed by atoms with van der Waals surface area (Å²) >= 11 is 3.39. The van der Waals surface area contributed by atoms with Crippen molar-refractivity contribution in [2.75, 3.05) is 19.0 Å². The lowest BCUT2D eigenvalue weighted by molar-refractivity contribution is -0.125. The van der Waals surface area contributed by atoms with Gasteiger partial charge in [0, 0.05) is 35.4 Å². The molecule has 3 rings (SSSR count). The van der Waals surface area contributed by atoms with Crippen molar-refractivity contribution in [3.05, 3.63) is 28.7 Å². The van der Waals surface area contributed by atoms with E-state index in [9.17, 15) is 9.59 Å². The van der Waals surface area contributed by atoms with Gasteiger partial charge < -0.3 is 20.3 Å². The summed E-state index contributed by atoms with van der Waals surface area (Å²) in [6, 6.07) is 8.01. The van der Waals surface area contributed by atoms with E-state index in [2.05, 4.69) is 26.6 Å². The summed E-state index contributed by atoms with van der Waals surface area (Å²) in [4.78, 5) is 26.3. The largest absolute Gasteiger partial charge is 0.375 e. The van der Waals surface area contributed by atoms with Crippen LogP contribution in [0.4, 0.5) is 10.5 Å². The molecule has 2 saturated heterocycles. The minimum Gasteiger partial charge on any atom is -0.375 e. The van der Waals surface area contributed by atoms with E-state index >= 15 is 0 Å². The molecule has 0 radical (unpaired) electrons. The minimum absolute atomic E-state index is 0.0495. The van der Waals surface area contributed by atoms with E-state index < -0.39 is 0 Å². The highest BCUT2D eigenvalue weighted by atomic mass is 79.9. The third kappa shape index (κ3) is 3.89. The Morgan fingerprint density at radius 2 is 1.83 bits per heavy atom. The molecule has 0 aliphatic carbocycles. The average molecular weight is 396 g/mol. The van der Waals surface area contributed by atoms with Gasteiger partial charge in [-0.15, -0.1) is 0 Å². The third-order valence-corrected chi connectivity index (χ3v) is 5.23. The van der Waals surface area contributed by atoms with Gasteiger partial charge in [-0.05, 0) is 49.9 Å². The molecule has 0 saturated carbocycles. The number of amides is 3. The second kappa shape index (κ2) is 7.53. The van der Waals surface area contributed by atoms with Crippen LogP contribution in [-0.2, 0) is 9.53 Å². The second-order valence-electron chi connectivity index (χ2n) is 6.40. The summed E-state index contributed by atoms with van der Waals surface area (Å²) in [7, 11) is 1.51. The first-order valence-electron chi connectivity index (χ1n) is 8.20. The number of anilines is 1. The van der Waals surface area contributed by atoms with Crippen LogP contribution in [0.1, 0.15) is 25.7 Å². The van der Waals surface area contributed by atoms with Gasteiger partial charge in [0.15, 0.2) is 0 Å². The van der Waals surface area contributed by atoms with E-state index in [4.69, 9.17) is 4.74 Å². The second-order valence-corrected chi connectivity index (χ2v) is 7.31. The van der Waals surface area contributed by atoms with Crippen LogP contribution in [0.3, 0.4) is 0 Å². The van der Waals surface area contributed by atoms with Crippen molar-refractivity contribution in [3.8, 4) is 0 Å². The van der Waals surface area contributed by atoms with E-state index in [-0.39, 0.29) is 36.7 Å². The van der Waals surface area contributed by atoms with E-state index in [1.54, 1.807) is 0 Å². The predicted molar refractivity (Wildman–Crippen MR) is 94.9 cm³/mol. The Morgan fingerprint density at radius 3 is 2.42 bits per heavy atom. The Morgan fingerprint density at radius 1 is 1.21 bits per heavy atom. The van der Waals surface area contributed by atoms with Gasteiger partial charge in [0.25, 0.3) is 0 Å². The van der Waals surface area contributed by atoms with Crippen LogP contribution in [-0.4, -0.2) is 48.7 Å². The lowest BCUT2D eigenvalue weighted by Crippen LogP contribution is -2.53. The Labute approximate surface area is 150 Å². The van der Waals surface area contributed by atoms with Crippen LogP contribution in [0.5, 0.6) is 0 Å². The van der Waals surface area contributed by atoms with Gasteiger partial charge in [0.1, 0.15) is 6.61 Å². The highest BCUT2D eigenvalue weighted by Gasteiger charge is 2.43.